The lowest BCUT2D eigenvalue weighted by Crippen LogP contribution is -2.07. The molecule has 0 fully saturated rings. The molecule has 0 radical (unpaired) electrons. The maximum atomic E-state index is 12.2. The first-order chi connectivity index (χ1) is 18.2. The molecule has 0 unspecified atom stereocenters. The highest BCUT2D eigenvalue weighted by atomic mass is 16.5. The van der Waals surface area contributed by atoms with Crippen LogP contribution in [0.3, 0.4) is 0 Å². The smallest absolute Gasteiger partial charge is 0.311 e. The van der Waals surface area contributed by atoms with Crippen molar-refractivity contribution in [3.8, 4) is 22.6 Å². The summed E-state index contributed by atoms with van der Waals surface area (Å²) in [5, 5.41) is 0. The molecule has 0 N–H and O–H groups in total. The van der Waals surface area contributed by atoms with Crippen LogP contribution in [0.1, 0.15) is 129 Å². The van der Waals surface area contributed by atoms with Gasteiger partial charge in [-0.3, -0.25) is 4.79 Å². The van der Waals surface area contributed by atoms with Crippen molar-refractivity contribution < 1.29 is 14.3 Å². The van der Waals surface area contributed by atoms with E-state index in [1.807, 2.05) is 36.4 Å². The maximum absolute atomic E-state index is 12.2. The van der Waals surface area contributed by atoms with E-state index in [1.165, 1.54) is 89.9 Å². The number of hydrogen-bond donors (Lipinski definition) is 0. The second kappa shape index (κ2) is 20.7. The van der Waals surface area contributed by atoms with Crippen molar-refractivity contribution >= 4 is 5.97 Å². The second-order valence-electron chi connectivity index (χ2n) is 10.4. The van der Waals surface area contributed by atoms with Gasteiger partial charge in [-0.25, -0.2) is 0 Å². The van der Waals surface area contributed by atoms with Crippen LogP contribution >= 0.6 is 0 Å². The summed E-state index contributed by atoms with van der Waals surface area (Å²) in [4.78, 5) is 12.2. The number of carbonyl (C=O) groups excluding carboxylic acids is 1. The normalized spacial score (nSPS) is 11.0. The summed E-state index contributed by atoms with van der Waals surface area (Å²) in [5.74, 6) is 1.41. The lowest BCUT2D eigenvalue weighted by atomic mass is 10.1. The van der Waals surface area contributed by atoms with E-state index in [9.17, 15) is 4.79 Å². The highest BCUT2D eigenvalue weighted by Gasteiger charge is 2.06. The van der Waals surface area contributed by atoms with E-state index in [2.05, 4.69) is 26.0 Å². The predicted octanol–water partition coefficient (Wildman–Crippen LogP) is 10.7. The van der Waals surface area contributed by atoms with Crippen molar-refractivity contribution in [2.45, 2.75) is 129 Å². The Kier molecular flexibility index (Phi) is 17.3. The Labute approximate surface area is 227 Å². The Morgan fingerprint density at radius 3 is 1.41 bits per heavy atom. The zero-order chi connectivity index (χ0) is 26.4. The number of hydrogen-bond acceptors (Lipinski definition) is 3. The fraction of sp³-hybridized carbons (Fsp3) is 0.618. The summed E-state index contributed by atoms with van der Waals surface area (Å²) in [7, 11) is 0. The van der Waals surface area contributed by atoms with Gasteiger partial charge in [-0.1, -0.05) is 134 Å². The van der Waals surface area contributed by atoms with Gasteiger partial charge in [0.2, 0.25) is 0 Å². The van der Waals surface area contributed by atoms with Gasteiger partial charge in [0, 0.05) is 6.42 Å². The highest BCUT2D eigenvalue weighted by molar-refractivity contribution is 5.73. The van der Waals surface area contributed by atoms with Crippen molar-refractivity contribution in [1.82, 2.24) is 0 Å². The summed E-state index contributed by atoms with van der Waals surface area (Å²) < 4.78 is 11.5. The van der Waals surface area contributed by atoms with Crippen molar-refractivity contribution in [3.63, 3.8) is 0 Å². The van der Waals surface area contributed by atoms with Crippen LogP contribution in [0.4, 0.5) is 0 Å². The molecule has 37 heavy (non-hydrogen) atoms. The van der Waals surface area contributed by atoms with E-state index in [-0.39, 0.29) is 5.97 Å². The molecule has 2 rings (SSSR count). The minimum Gasteiger partial charge on any atom is -0.494 e. The number of benzene rings is 2. The Morgan fingerprint density at radius 2 is 0.919 bits per heavy atom. The summed E-state index contributed by atoms with van der Waals surface area (Å²) in [6, 6.07) is 16.1. The zero-order valence-corrected chi connectivity index (χ0v) is 23.8. The Morgan fingerprint density at radius 1 is 0.514 bits per heavy atom. The third kappa shape index (κ3) is 14.9. The Hall–Kier alpha value is -2.29. The summed E-state index contributed by atoms with van der Waals surface area (Å²) >= 11 is 0. The molecule has 3 heteroatoms. The van der Waals surface area contributed by atoms with Crippen molar-refractivity contribution in [2.75, 3.05) is 6.61 Å². The van der Waals surface area contributed by atoms with Crippen molar-refractivity contribution in [3.05, 3.63) is 48.5 Å². The molecule has 0 atom stereocenters. The first kappa shape index (κ1) is 30.9. The molecule has 0 aromatic heterocycles. The molecule has 0 spiro atoms. The average molecular weight is 509 g/mol. The SMILES string of the molecule is CCCCCCCCCCCOc1ccc(-c2ccc(OC(=O)CCCCCCCCCC)cc2)cc1. The van der Waals surface area contributed by atoms with Crippen LogP contribution in [0.25, 0.3) is 11.1 Å². The van der Waals surface area contributed by atoms with E-state index >= 15 is 0 Å². The Bertz CT molecular complexity index is 810. The minimum absolute atomic E-state index is 0.132. The molecule has 2 aromatic rings. The van der Waals surface area contributed by atoms with Crippen LogP contribution in [0.5, 0.6) is 11.5 Å². The minimum atomic E-state index is -0.132. The van der Waals surface area contributed by atoms with Gasteiger partial charge in [0.1, 0.15) is 11.5 Å². The molecule has 3 nitrogen and oxygen atoms in total. The molecular formula is C34H52O3. The maximum Gasteiger partial charge on any atom is 0.311 e. The molecule has 0 heterocycles. The van der Waals surface area contributed by atoms with Gasteiger partial charge in [0.25, 0.3) is 0 Å². The number of rotatable bonds is 22. The molecule has 2 aromatic carbocycles. The van der Waals surface area contributed by atoms with Gasteiger partial charge in [-0.2, -0.15) is 0 Å². The van der Waals surface area contributed by atoms with Gasteiger partial charge >= 0.3 is 5.97 Å². The first-order valence-corrected chi connectivity index (χ1v) is 15.3. The standard InChI is InChI=1S/C34H52O3/c1-3-5-7-9-11-13-15-17-19-29-36-32-25-21-30(22-26-32)31-23-27-33(28-24-31)37-34(35)20-18-16-14-12-10-8-6-4-2/h21-28H,3-20,29H2,1-2H3. The quantitative estimate of drug-likeness (QED) is 0.0901. The molecule has 0 bridgehead atoms. The largest absolute Gasteiger partial charge is 0.494 e. The van der Waals surface area contributed by atoms with Crippen LogP contribution in [0.15, 0.2) is 48.5 Å². The monoisotopic (exact) mass is 508 g/mol. The molecular weight excluding hydrogens is 456 g/mol. The third-order valence-electron chi connectivity index (χ3n) is 7.02. The molecule has 0 aliphatic carbocycles. The summed E-state index contributed by atoms with van der Waals surface area (Å²) in [6.07, 6.45) is 22.2. The molecule has 0 aliphatic heterocycles. The van der Waals surface area contributed by atoms with Gasteiger partial charge in [0.15, 0.2) is 0 Å². The van der Waals surface area contributed by atoms with Gasteiger partial charge in [-0.15, -0.1) is 0 Å². The lowest BCUT2D eigenvalue weighted by molar-refractivity contribution is -0.134. The predicted molar refractivity (Wildman–Crippen MR) is 157 cm³/mol. The van der Waals surface area contributed by atoms with Gasteiger partial charge < -0.3 is 9.47 Å². The highest BCUT2D eigenvalue weighted by Crippen LogP contribution is 2.25. The summed E-state index contributed by atoms with van der Waals surface area (Å²) in [5.41, 5.74) is 2.24. The van der Waals surface area contributed by atoms with Crippen LogP contribution < -0.4 is 9.47 Å². The number of unbranched alkanes of at least 4 members (excludes halogenated alkanes) is 15. The molecule has 0 amide bonds. The Balaban J connectivity index is 1.58. The first-order valence-electron chi connectivity index (χ1n) is 15.3. The third-order valence-corrected chi connectivity index (χ3v) is 7.02. The van der Waals surface area contributed by atoms with Gasteiger partial charge in [-0.05, 0) is 48.2 Å². The molecule has 0 aliphatic rings. The molecule has 0 saturated carbocycles. The van der Waals surface area contributed by atoms with Crippen molar-refractivity contribution in [2.24, 2.45) is 0 Å². The number of esters is 1. The van der Waals surface area contributed by atoms with Crippen LogP contribution in [0, 0.1) is 0 Å². The number of carbonyl (C=O) groups is 1. The molecule has 206 valence electrons. The van der Waals surface area contributed by atoms with E-state index < -0.39 is 0 Å². The van der Waals surface area contributed by atoms with E-state index in [0.717, 1.165) is 42.7 Å². The zero-order valence-electron chi connectivity index (χ0n) is 23.8. The number of ether oxygens (including phenoxy) is 2. The van der Waals surface area contributed by atoms with Crippen molar-refractivity contribution in [1.29, 1.82) is 0 Å². The fourth-order valence-corrected chi connectivity index (χ4v) is 4.65. The lowest BCUT2D eigenvalue weighted by Gasteiger charge is -2.09. The second-order valence-corrected chi connectivity index (χ2v) is 10.4. The van der Waals surface area contributed by atoms with Crippen LogP contribution in [0.2, 0.25) is 0 Å². The summed E-state index contributed by atoms with van der Waals surface area (Å²) in [6.45, 7) is 5.30. The van der Waals surface area contributed by atoms with E-state index in [4.69, 9.17) is 9.47 Å². The van der Waals surface area contributed by atoms with E-state index in [1.54, 1.807) is 0 Å². The van der Waals surface area contributed by atoms with Crippen LogP contribution in [-0.2, 0) is 4.79 Å². The molecule has 0 saturated heterocycles. The fourth-order valence-electron chi connectivity index (χ4n) is 4.65. The van der Waals surface area contributed by atoms with Gasteiger partial charge in [0.05, 0.1) is 6.61 Å². The van der Waals surface area contributed by atoms with E-state index in [0.29, 0.717) is 12.2 Å². The average Bonchev–Trinajstić information content (AvgIpc) is 2.92. The topological polar surface area (TPSA) is 35.5 Å². The van der Waals surface area contributed by atoms with Crippen LogP contribution in [-0.4, -0.2) is 12.6 Å².